The summed E-state index contributed by atoms with van der Waals surface area (Å²) >= 11 is 0. The zero-order chi connectivity index (χ0) is 23.8. The van der Waals surface area contributed by atoms with Crippen molar-refractivity contribution in [2.45, 2.75) is 33.2 Å². The smallest absolute Gasteiger partial charge is 0.189 e. The monoisotopic (exact) mass is 459 g/mol. The van der Waals surface area contributed by atoms with Gasteiger partial charge in [0.2, 0.25) is 0 Å². The van der Waals surface area contributed by atoms with E-state index in [1.807, 2.05) is 59.3 Å². The summed E-state index contributed by atoms with van der Waals surface area (Å²) < 4.78 is 13.7. The molecule has 178 valence electrons. The van der Waals surface area contributed by atoms with Crippen molar-refractivity contribution in [3.05, 3.63) is 83.4 Å². The number of allylic oxidation sites excluding steroid dienone is 1. The van der Waals surface area contributed by atoms with Crippen LogP contribution in [-0.4, -0.2) is 53.1 Å². The predicted octanol–water partition coefficient (Wildman–Crippen LogP) is 4.90. The third kappa shape index (κ3) is 6.14. The molecule has 0 spiro atoms. The van der Waals surface area contributed by atoms with Crippen molar-refractivity contribution in [3.63, 3.8) is 0 Å². The number of ketones is 1. The number of benzene rings is 2. The van der Waals surface area contributed by atoms with Gasteiger partial charge < -0.3 is 18.9 Å². The minimum atomic E-state index is 0.103. The highest BCUT2D eigenvalue weighted by molar-refractivity contribution is 6.13. The van der Waals surface area contributed by atoms with Gasteiger partial charge in [0.1, 0.15) is 24.7 Å². The van der Waals surface area contributed by atoms with E-state index in [-0.39, 0.29) is 5.78 Å². The maximum atomic E-state index is 13.1. The Balaban J connectivity index is 1.33. The molecule has 0 atom stereocenters. The second kappa shape index (κ2) is 11.7. The molecule has 1 aromatic heterocycles. The van der Waals surface area contributed by atoms with Crippen LogP contribution in [0.3, 0.4) is 0 Å². The second-order valence-electron chi connectivity index (χ2n) is 8.41. The molecule has 0 saturated carbocycles. The summed E-state index contributed by atoms with van der Waals surface area (Å²) in [5.74, 6) is 1.76. The molecule has 6 heteroatoms. The minimum absolute atomic E-state index is 0.103. The van der Waals surface area contributed by atoms with Crippen LogP contribution in [-0.2, 0) is 13.0 Å². The molecule has 0 unspecified atom stereocenters. The lowest BCUT2D eigenvalue weighted by Gasteiger charge is -2.19. The topological polar surface area (TPSA) is 56.6 Å². The first-order valence-electron chi connectivity index (χ1n) is 12.1. The molecule has 6 nitrogen and oxygen atoms in total. The van der Waals surface area contributed by atoms with Crippen LogP contribution in [0.4, 0.5) is 0 Å². The van der Waals surface area contributed by atoms with E-state index in [1.54, 1.807) is 12.5 Å². The van der Waals surface area contributed by atoms with E-state index in [9.17, 15) is 4.79 Å². The molecule has 34 heavy (non-hydrogen) atoms. The molecule has 1 heterocycles. The van der Waals surface area contributed by atoms with Crippen molar-refractivity contribution in [1.82, 2.24) is 14.5 Å². The number of rotatable bonds is 11. The number of hydrogen-bond acceptors (Lipinski definition) is 5. The van der Waals surface area contributed by atoms with Crippen LogP contribution in [0.25, 0.3) is 6.08 Å². The Morgan fingerprint density at radius 1 is 1.00 bits per heavy atom. The third-order valence-corrected chi connectivity index (χ3v) is 6.25. The van der Waals surface area contributed by atoms with Crippen molar-refractivity contribution < 1.29 is 14.3 Å². The number of imidazole rings is 1. The highest BCUT2D eigenvalue weighted by Gasteiger charge is 2.22. The third-order valence-electron chi connectivity index (χ3n) is 6.25. The van der Waals surface area contributed by atoms with Gasteiger partial charge >= 0.3 is 0 Å². The molecule has 4 rings (SSSR count). The Labute approximate surface area is 201 Å². The van der Waals surface area contributed by atoms with E-state index in [2.05, 4.69) is 23.7 Å². The average Bonchev–Trinajstić information content (AvgIpc) is 3.38. The highest BCUT2D eigenvalue weighted by atomic mass is 16.5. The molecule has 0 bridgehead atoms. The molecule has 0 fully saturated rings. The molecular formula is C28H33N3O3. The molecule has 3 aromatic rings. The van der Waals surface area contributed by atoms with Gasteiger partial charge in [0.15, 0.2) is 5.78 Å². The summed E-state index contributed by atoms with van der Waals surface area (Å²) in [4.78, 5) is 19.5. The molecule has 0 saturated heterocycles. The molecule has 0 radical (unpaired) electrons. The normalized spacial score (nSPS) is 14.4. The van der Waals surface area contributed by atoms with Crippen LogP contribution in [0.2, 0.25) is 0 Å². The molecule has 0 aliphatic heterocycles. The van der Waals surface area contributed by atoms with E-state index >= 15 is 0 Å². The SMILES string of the molecule is CCN(CC)CCOc1ccc(/C=C2/CCc3cc(OCCn4ccnc4)ccc3C2=O)cc1. The largest absolute Gasteiger partial charge is 0.492 e. The molecule has 1 aliphatic carbocycles. The van der Waals surface area contributed by atoms with Crippen LogP contribution in [0.15, 0.2) is 66.8 Å². The second-order valence-corrected chi connectivity index (χ2v) is 8.41. The number of Topliss-reactive ketones (excluding diaryl/α,β-unsaturated/α-hetero) is 1. The van der Waals surface area contributed by atoms with E-state index < -0.39 is 0 Å². The summed E-state index contributed by atoms with van der Waals surface area (Å²) in [5, 5.41) is 0. The molecular weight excluding hydrogens is 426 g/mol. The molecule has 1 aliphatic rings. The lowest BCUT2D eigenvalue weighted by Crippen LogP contribution is -2.27. The van der Waals surface area contributed by atoms with Crippen molar-refractivity contribution >= 4 is 11.9 Å². The summed E-state index contributed by atoms with van der Waals surface area (Å²) in [5.41, 5.74) is 3.69. The summed E-state index contributed by atoms with van der Waals surface area (Å²) in [7, 11) is 0. The Kier molecular flexibility index (Phi) is 8.15. The number of likely N-dealkylation sites (N-methyl/N-ethyl adjacent to an activating group) is 1. The average molecular weight is 460 g/mol. The first-order chi connectivity index (χ1) is 16.7. The predicted molar refractivity (Wildman–Crippen MR) is 135 cm³/mol. The van der Waals surface area contributed by atoms with E-state index in [0.717, 1.165) is 72.8 Å². The highest BCUT2D eigenvalue weighted by Crippen LogP contribution is 2.30. The first kappa shape index (κ1) is 23.8. The van der Waals surface area contributed by atoms with Crippen molar-refractivity contribution in [1.29, 1.82) is 0 Å². The Bertz CT molecular complexity index is 1100. The quantitative estimate of drug-likeness (QED) is 0.382. The van der Waals surface area contributed by atoms with E-state index in [1.165, 1.54) is 0 Å². The number of aryl methyl sites for hydroxylation is 1. The maximum absolute atomic E-state index is 13.1. The van der Waals surface area contributed by atoms with Gasteiger partial charge in [-0.15, -0.1) is 0 Å². The number of carbonyl (C=O) groups is 1. The number of aromatic nitrogens is 2. The first-order valence-corrected chi connectivity index (χ1v) is 12.1. The van der Waals surface area contributed by atoms with Crippen molar-refractivity contribution in [2.75, 3.05) is 32.8 Å². The van der Waals surface area contributed by atoms with Gasteiger partial charge in [-0.1, -0.05) is 26.0 Å². The number of ether oxygens (including phenoxy) is 2. The summed E-state index contributed by atoms with van der Waals surface area (Å²) in [6.45, 7) is 9.28. The van der Waals surface area contributed by atoms with Crippen LogP contribution in [0.5, 0.6) is 11.5 Å². The van der Waals surface area contributed by atoms with Gasteiger partial charge in [0.05, 0.1) is 12.9 Å². The zero-order valence-electron chi connectivity index (χ0n) is 20.1. The molecule has 0 amide bonds. The number of nitrogens with zero attached hydrogens (tertiary/aromatic N) is 3. The minimum Gasteiger partial charge on any atom is -0.492 e. The van der Waals surface area contributed by atoms with Crippen LogP contribution >= 0.6 is 0 Å². The van der Waals surface area contributed by atoms with E-state index in [0.29, 0.717) is 13.2 Å². The van der Waals surface area contributed by atoms with Crippen molar-refractivity contribution in [2.24, 2.45) is 0 Å². The fourth-order valence-electron chi connectivity index (χ4n) is 4.16. The lowest BCUT2D eigenvalue weighted by atomic mass is 9.86. The Morgan fingerprint density at radius 2 is 1.76 bits per heavy atom. The van der Waals surface area contributed by atoms with Crippen LogP contribution in [0, 0.1) is 0 Å². The zero-order valence-corrected chi connectivity index (χ0v) is 20.1. The van der Waals surface area contributed by atoms with E-state index in [4.69, 9.17) is 9.47 Å². The lowest BCUT2D eigenvalue weighted by molar-refractivity contribution is 0.102. The van der Waals surface area contributed by atoms with Gasteiger partial charge in [0.25, 0.3) is 0 Å². The van der Waals surface area contributed by atoms with Gasteiger partial charge in [0, 0.05) is 30.1 Å². The number of fused-ring (bicyclic) bond motifs is 1. The van der Waals surface area contributed by atoms with Crippen LogP contribution in [0.1, 0.15) is 41.8 Å². The van der Waals surface area contributed by atoms with Gasteiger partial charge in [-0.2, -0.15) is 0 Å². The number of hydrogen-bond donors (Lipinski definition) is 0. The maximum Gasteiger partial charge on any atom is 0.189 e. The van der Waals surface area contributed by atoms with Gasteiger partial charge in [-0.3, -0.25) is 4.79 Å². The molecule has 0 N–H and O–H groups in total. The van der Waals surface area contributed by atoms with Gasteiger partial charge in [-0.05, 0) is 73.5 Å². The fraction of sp³-hybridized carbons (Fsp3) is 0.357. The standard InChI is InChI=1S/C28H33N3O3/c1-3-30(4-2)15-17-33-25-9-5-22(6-10-25)19-24-8-7-23-20-26(11-12-27(23)28(24)32)34-18-16-31-14-13-29-21-31/h5-6,9-14,19-21H,3-4,7-8,15-18H2,1-2H3/b24-19-. The Morgan fingerprint density at radius 3 is 2.50 bits per heavy atom. The summed E-state index contributed by atoms with van der Waals surface area (Å²) in [6, 6.07) is 13.8. The van der Waals surface area contributed by atoms with Crippen molar-refractivity contribution in [3.8, 4) is 11.5 Å². The molecule has 2 aromatic carbocycles. The number of carbonyl (C=O) groups excluding carboxylic acids is 1. The van der Waals surface area contributed by atoms with Gasteiger partial charge in [-0.25, -0.2) is 4.98 Å². The Hall–Kier alpha value is -3.38. The van der Waals surface area contributed by atoms with Crippen LogP contribution < -0.4 is 9.47 Å². The fourth-order valence-corrected chi connectivity index (χ4v) is 4.16. The summed E-state index contributed by atoms with van der Waals surface area (Å²) in [6.07, 6.45) is 9.00.